The van der Waals surface area contributed by atoms with Gasteiger partial charge in [0.25, 0.3) is 0 Å². The molecule has 2 aromatic heterocycles. The van der Waals surface area contributed by atoms with Crippen LogP contribution in [0.5, 0.6) is 5.75 Å². The second kappa shape index (κ2) is 9.94. The van der Waals surface area contributed by atoms with E-state index in [0.717, 1.165) is 38.7 Å². The van der Waals surface area contributed by atoms with Gasteiger partial charge in [-0.1, -0.05) is 65.9 Å². The van der Waals surface area contributed by atoms with Crippen LogP contribution in [0.3, 0.4) is 0 Å². The molecule has 31 heavy (non-hydrogen) atoms. The molecule has 0 saturated carbocycles. The fourth-order valence-electron chi connectivity index (χ4n) is 3.11. The topological polar surface area (TPSA) is 52.8 Å². The maximum Gasteiger partial charge on any atom is 0.192 e. The molecule has 7 heteroatoms. The summed E-state index contributed by atoms with van der Waals surface area (Å²) in [5, 5.41) is 12.8. The molecule has 2 aromatic carbocycles. The van der Waals surface area contributed by atoms with E-state index in [9.17, 15) is 0 Å². The Kier molecular flexibility index (Phi) is 6.84. The number of allylic oxidation sites excluding steroid dienone is 1. The molecule has 0 aliphatic heterocycles. The first-order chi connectivity index (χ1) is 15.1. The summed E-state index contributed by atoms with van der Waals surface area (Å²) in [6.07, 6.45) is 1.62. The van der Waals surface area contributed by atoms with Gasteiger partial charge in [0.2, 0.25) is 0 Å². The predicted molar refractivity (Wildman–Crippen MR) is 128 cm³/mol. The lowest BCUT2D eigenvalue weighted by Gasteiger charge is -2.15. The van der Waals surface area contributed by atoms with Gasteiger partial charge in [-0.05, 0) is 26.0 Å². The zero-order valence-electron chi connectivity index (χ0n) is 17.6. The molecule has 0 N–H and O–H groups in total. The number of hydrogen-bond acceptors (Lipinski definition) is 6. The first-order valence-electron chi connectivity index (χ1n) is 10.0. The molecule has 0 radical (unpaired) electrons. The highest BCUT2D eigenvalue weighted by Crippen LogP contribution is 2.29. The minimum absolute atomic E-state index is 0.228. The molecule has 0 fully saturated rings. The Bertz CT molecular complexity index is 1140. The van der Waals surface area contributed by atoms with Crippen LogP contribution in [-0.2, 0) is 12.3 Å². The highest BCUT2D eigenvalue weighted by atomic mass is 32.2. The summed E-state index contributed by atoms with van der Waals surface area (Å²) in [6, 6.07) is 18.3. The minimum atomic E-state index is -0.228. The molecule has 4 rings (SSSR count). The van der Waals surface area contributed by atoms with E-state index >= 15 is 0 Å². The van der Waals surface area contributed by atoms with Crippen LogP contribution in [0.4, 0.5) is 0 Å². The van der Waals surface area contributed by atoms with E-state index < -0.39 is 0 Å². The van der Waals surface area contributed by atoms with Crippen LogP contribution in [0.25, 0.3) is 10.6 Å². The first-order valence-corrected chi connectivity index (χ1v) is 11.9. The van der Waals surface area contributed by atoms with E-state index in [1.54, 1.807) is 23.1 Å². The molecule has 4 aromatic rings. The standard InChI is InChI=1S/C24H24N4OS2/c1-4-14-28-22(18(3)29-21-12-10-17(2)11-13-21)26-27-24(28)31-16-20-15-30-23(25-20)19-8-6-5-7-9-19/h4-13,15,18H,1,14,16H2,2-3H3. The fourth-order valence-corrected chi connectivity index (χ4v) is 4.89. The van der Waals surface area contributed by atoms with E-state index in [0.29, 0.717) is 6.54 Å². The smallest absolute Gasteiger partial charge is 0.192 e. The molecule has 0 aliphatic rings. The molecular weight excluding hydrogens is 424 g/mol. The number of nitrogens with zero attached hydrogens (tertiary/aromatic N) is 4. The molecule has 0 spiro atoms. The van der Waals surface area contributed by atoms with Gasteiger partial charge >= 0.3 is 0 Å². The normalized spacial score (nSPS) is 11.9. The van der Waals surface area contributed by atoms with Gasteiger partial charge < -0.3 is 4.74 Å². The van der Waals surface area contributed by atoms with E-state index in [1.807, 2.05) is 55.5 Å². The van der Waals surface area contributed by atoms with Crippen LogP contribution in [0.1, 0.15) is 30.1 Å². The SMILES string of the molecule is C=CCn1c(SCc2csc(-c3ccccc3)n2)nnc1C(C)Oc1ccc(C)cc1. The van der Waals surface area contributed by atoms with Crippen molar-refractivity contribution in [2.45, 2.75) is 37.4 Å². The molecule has 1 atom stereocenters. The van der Waals surface area contributed by atoms with Crippen molar-refractivity contribution in [2.75, 3.05) is 0 Å². The first kappa shape index (κ1) is 21.3. The van der Waals surface area contributed by atoms with Crippen molar-refractivity contribution in [1.82, 2.24) is 19.7 Å². The zero-order valence-corrected chi connectivity index (χ0v) is 19.2. The third-order valence-corrected chi connectivity index (χ3v) is 6.62. The molecule has 0 aliphatic carbocycles. The number of ether oxygens (including phenoxy) is 1. The Morgan fingerprint density at radius 3 is 2.65 bits per heavy atom. The van der Waals surface area contributed by atoms with Crippen molar-refractivity contribution in [3.8, 4) is 16.3 Å². The molecule has 0 bridgehead atoms. The number of benzene rings is 2. The van der Waals surface area contributed by atoms with Crippen LogP contribution in [-0.4, -0.2) is 19.7 Å². The van der Waals surface area contributed by atoms with Crippen LogP contribution < -0.4 is 4.74 Å². The summed E-state index contributed by atoms with van der Waals surface area (Å²) in [6.45, 7) is 8.56. The number of aromatic nitrogens is 4. The van der Waals surface area contributed by atoms with Gasteiger partial charge in [-0.25, -0.2) is 4.98 Å². The maximum atomic E-state index is 6.09. The number of aryl methyl sites for hydroxylation is 1. The van der Waals surface area contributed by atoms with Crippen molar-refractivity contribution in [3.05, 3.63) is 89.7 Å². The molecular formula is C24H24N4OS2. The van der Waals surface area contributed by atoms with Gasteiger partial charge in [-0.2, -0.15) is 0 Å². The van der Waals surface area contributed by atoms with Gasteiger partial charge in [-0.15, -0.1) is 28.1 Å². The lowest BCUT2D eigenvalue weighted by Crippen LogP contribution is -2.12. The molecule has 2 heterocycles. The molecule has 5 nitrogen and oxygen atoms in total. The van der Waals surface area contributed by atoms with Gasteiger partial charge in [0.15, 0.2) is 17.1 Å². The summed E-state index contributed by atoms with van der Waals surface area (Å²) < 4.78 is 8.15. The number of rotatable bonds is 9. The third-order valence-electron chi connectivity index (χ3n) is 4.68. The Morgan fingerprint density at radius 1 is 1.13 bits per heavy atom. The molecule has 158 valence electrons. The highest BCUT2D eigenvalue weighted by Gasteiger charge is 2.19. The lowest BCUT2D eigenvalue weighted by atomic mass is 10.2. The second-order valence-electron chi connectivity index (χ2n) is 7.11. The average Bonchev–Trinajstić information content (AvgIpc) is 3.42. The van der Waals surface area contributed by atoms with Crippen molar-refractivity contribution < 1.29 is 4.74 Å². The number of thioether (sulfide) groups is 1. The van der Waals surface area contributed by atoms with Gasteiger partial charge in [0.1, 0.15) is 10.8 Å². The van der Waals surface area contributed by atoms with Crippen LogP contribution in [0.2, 0.25) is 0 Å². The largest absolute Gasteiger partial charge is 0.483 e. The Balaban J connectivity index is 1.46. The minimum Gasteiger partial charge on any atom is -0.483 e. The summed E-state index contributed by atoms with van der Waals surface area (Å²) in [4.78, 5) is 4.77. The Hall–Kier alpha value is -2.90. The van der Waals surface area contributed by atoms with E-state index in [4.69, 9.17) is 9.72 Å². The number of hydrogen-bond donors (Lipinski definition) is 0. The van der Waals surface area contributed by atoms with E-state index in [1.165, 1.54) is 5.56 Å². The Labute approximate surface area is 190 Å². The summed E-state index contributed by atoms with van der Waals surface area (Å²) in [5.41, 5.74) is 3.38. The van der Waals surface area contributed by atoms with Gasteiger partial charge in [0.05, 0.1) is 5.69 Å². The van der Waals surface area contributed by atoms with E-state index in [-0.39, 0.29) is 6.10 Å². The van der Waals surface area contributed by atoms with Gasteiger partial charge in [0, 0.05) is 23.2 Å². The van der Waals surface area contributed by atoms with Crippen molar-refractivity contribution in [1.29, 1.82) is 0 Å². The Morgan fingerprint density at radius 2 is 1.90 bits per heavy atom. The quantitative estimate of drug-likeness (QED) is 0.221. The van der Waals surface area contributed by atoms with Crippen molar-refractivity contribution >= 4 is 23.1 Å². The van der Waals surface area contributed by atoms with Gasteiger partial charge in [-0.3, -0.25) is 4.57 Å². The zero-order chi connectivity index (χ0) is 21.6. The van der Waals surface area contributed by atoms with Crippen LogP contribution in [0, 0.1) is 6.92 Å². The van der Waals surface area contributed by atoms with Crippen LogP contribution >= 0.6 is 23.1 Å². The van der Waals surface area contributed by atoms with Crippen molar-refractivity contribution in [3.63, 3.8) is 0 Å². The molecule has 1 unspecified atom stereocenters. The average molecular weight is 449 g/mol. The number of thiazole rings is 1. The third kappa shape index (κ3) is 5.24. The summed E-state index contributed by atoms with van der Waals surface area (Å²) >= 11 is 3.29. The lowest BCUT2D eigenvalue weighted by molar-refractivity contribution is 0.210. The van der Waals surface area contributed by atoms with E-state index in [2.05, 4.69) is 45.8 Å². The maximum absolute atomic E-state index is 6.09. The fraction of sp³-hybridized carbons (Fsp3) is 0.208. The predicted octanol–water partition coefficient (Wildman–Crippen LogP) is 6.33. The summed E-state index contributed by atoms with van der Waals surface area (Å²) in [5.74, 6) is 2.33. The second-order valence-corrected chi connectivity index (χ2v) is 8.91. The molecule has 0 amide bonds. The summed E-state index contributed by atoms with van der Waals surface area (Å²) in [7, 11) is 0. The molecule has 0 saturated heterocycles. The van der Waals surface area contributed by atoms with Crippen molar-refractivity contribution in [2.24, 2.45) is 0 Å². The highest BCUT2D eigenvalue weighted by molar-refractivity contribution is 7.98. The monoisotopic (exact) mass is 448 g/mol. The van der Waals surface area contributed by atoms with Crippen LogP contribution in [0.15, 0.2) is 77.8 Å².